The molecule has 2 rings (SSSR count). The lowest BCUT2D eigenvalue weighted by Crippen LogP contribution is -2.39. The summed E-state index contributed by atoms with van der Waals surface area (Å²) in [5.74, 6) is -0.432. The molecule has 1 amide bonds. The molecule has 1 heterocycles. The first-order valence-corrected chi connectivity index (χ1v) is 6.96. The molecule has 2 unspecified atom stereocenters. The quantitative estimate of drug-likeness (QED) is 0.794. The monoisotopic (exact) mass is 269 g/mol. The first-order valence-electron chi connectivity index (χ1n) is 6.96. The van der Waals surface area contributed by atoms with E-state index in [0.717, 1.165) is 19.3 Å². The molecule has 2 aliphatic rings. The van der Waals surface area contributed by atoms with Gasteiger partial charge in [-0.2, -0.15) is 0 Å². The average molecular weight is 269 g/mol. The van der Waals surface area contributed by atoms with E-state index in [2.05, 4.69) is 0 Å². The summed E-state index contributed by atoms with van der Waals surface area (Å²) in [6, 6.07) is 0. The Morgan fingerprint density at radius 1 is 1.32 bits per heavy atom. The van der Waals surface area contributed by atoms with E-state index in [1.165, 1.54) is 0 Å². The van der Waals surface area contributed by atoms with Crippen molar-refractivity contribution in [1.82, 2.24) is 4.90 Å². The summed E-state index contributed by atoms with van der Waals surface area (Å²) < 4.78 is 5.37. The van der Waals surface area contributed by atoms with Crippen molar-refractivity contribution in [2.24, 2.45) is 11.3 Å². The maximum atomic E-state index is 12.0. The zero-order valence-corrected chi connectivity index (χ0v) is 11.9. The molecule has 108 valence electrons. The Morgan fingerprint density at radius 2 is 2.00 bits per heavy atom. The summed E-state index contributed by atoms with van der Waals surface area (Å²) in [6.07, 6.45) is 2.67. The number of carbonyl (C=O) groups is 2. The number of rotatable bonds is 1. The summed E-state index contributed by atoms with van der Waals surface area (Å²) in [7, 11) is 0. The van der Waals surface area contributed by atoms with Gasteiger partial charge >= 0.3 is 12.1 Å². The summed E-state index contributed by atoms with van der Waals surface area (Å²) in [4.78, 5) is 25.0. The first kappa shape index (κ1) is 14.2. The van der Waals surface area contributed by atoms with Crippen molar-refractivity contribution in [3.05, 3.63) is 0 Å². The van der Waals surface area contributed by atoms with Crippen LogP contribution < -0.4 is 0 Å². The summed E-state index contributed by atoms with van der Waals surface area (Å²) in [5.41, 5.74) is -0.968. The Kier molecular flexibility index (Phi) is 3.49. The predicted molar refractivity (Wildman–Crippen MR) is 69.8 cm³/mol. The topological polar surface area (TPSA) is 66.8 Å². The van der Waals surface area contributed by atoms with Crippen LogP contribution in [0.3, 0.4) is 0 Å². The van der Waals surface area contributed by atoms with Crippen LogP contribution in [0.4, 0.5) is 4.79 Å². The Bertz CT molecular complexity index is 387. The highest BCUT2D eigenvalue weighted by Crippen LogP contribution is 2.58. The SMILES string of the molecule is CC(C)(C)OC(=O)N1CCCC2(C(=O)O)CC2CC1. The molecule has 5 nitrogen and oxygen atoms in total. The van der Waals surface area contributed by atoms with Crippen molar-refractivity contribution in [3.8, 4) is 0 Å². The van der Waals surface area contributed by atoms with E-state index >= 15 is 0 Å². The Hall–Kier alpha value is -1.26. The largest absolute Gasteiger partial charge is 0.481 e. The van der Waals surface area contributed by atoms with Crippen molar-refractivity contribution < 1.29 is 19.4 Å². The molecular weight excluding hydrogens is 246 g/mol. The van der Waals surface area contributed by atoms with Crippen LogP contribution in [0, 0.1) is 11.3 Å². The van der Waals surface area contributed by atoms with Crippen molar-refractivity contribution >= 4 is 12.1 Å². The smallest absolute Gasteiger partial charge is 0.410 e. The molecule has 19 heavy (non-hydrogen) atoms. The number of nitrogens with zero attached hydrogens (tertiary/aromatic N) is 1. The lowest BCUT2D eigenvalue weighted by atomic mass is 9.94. The van der Waals surface area contributed by atoms with Crippen LogP contribution in [0.15, 0.2) is 0 Å². The highest BCUT2D eigenvalue weighted by molar-refractivity contribution is 5.78. The molecule has 1 saturated carbocycles. The molecule has 0 aromatic carbocycles. The van der Waals surface area contributed by atoms with Gasteiger partial charge in [-0.25, -0.2) is 4.79 Å². The number of aliphatic carboxylic acids is 1. The highest BCUT2D eigenvalue weighted by Gasteiger charge is 2.59. The third kappa shape index (κ3) is 3.01. The molecule has 2 fully saturated rings. The number of fused-ring (bicyclic) bond motifs is 1. The maximum Gasteiger partial charge on any atom is 0.410 e. The highest BCUT2D eigenvalue weighted by atomic mass is 16.6. The summed E-state index contributed by atoms with van der Waals surface area (Å²) in [6.45, 7) is 6.76. The van der Waals surface area contributed by atoms with Crippen LogP contribution in [0.2, 0.25) is 0 Å². The van der Waals surface area contributed by atoms with Gasteiger partial charge < -0.3 is 14.7 Å². The minimum atomic E-state index is -0.664. The number of amides is 1. The molecule has 0 aromatic rings. The maximum absolute atomic E-state index is 12.0. The number of hydrogen-bond acceptors (Lipinski definition) is 3. The van der Waals surface area contributed by atoms with Gasteiger partial charge in [0.1, 0.15) is 5.60 Å². The van der Waals surface area contributed by atoms with E-state index < -0.39 is 17.0 Å². The van der Waals surface area contributed by atoms with Crippen LogP contribution in [-0.2, 0) is 9.53 Å². The normalized spacial score (nSPS) is 30.9. The number of likely N-dealkylation sites (tertiary alicyclic amines) is 1. The zero-order valence-electron chi connectivity index (χ0n) is 11.9. The Labute approximate surface area is 113 Å². The molecule has 0 spiro atoms. The van der Waals surface area contributed by atoms with E-state index in [1.807, 2.05) is 20.8 Å². The van der Waals surface area contributed by atoms with Gasteiger partial charge in [-0.1, -0.05) is 0 Å². The summed E-state index contributed by atoms with van der Waals surface area (Å²) >= 11 is 0. The lowest BCUT2D eigenvalue weighted by Gasteiger charge is -2.29. The van der Waals surface area contributed by atoms with Crippen molar-refractivity contribution in [1.29, 1.82) is 0 Å². The second kappa shape index (κ2) is 4.69. The van der Waals surface area contributed by atoms with Gasteiger partial charge in [0.15, 0.2) is 0 Å². The van der Waals surface area contributed by atoms with Crippen LogP contribution in [0.25, 0.3) is 0 Å². The second-order valence-corrected chi connectivity index (χ2v) is 6.72. The van der Waals surface area contributed by atoms with Gasteiger partial charge in [0.2, 0.25) is 0 Å². The summed E-state index contributed by atoms with van der Waals surface area (Å²) in [5, 5.41) is 9.28. The van der Waals surface area contributed by atoms with E-state index in [-0.39, 0.29) is 12.0 Å². The number of ether oxygens (including phenoxy) is 1. The molecule has 0 aromatic heterocycles. The fourth-order valence-corrected chi connectivity index (χ4v) is 2.95. The minimum absolute atomic E-state index is 0.232. The van der Waals surface area contributed by atoms with Crippen LogP contribution >= 0.6 is 0 Å². The van der Waals surface area contributed by atoms with Crippen LogP contribution in [0.1, 0.15) is 46.5 Å². The molecule has 1 aliphatic heterocycles. The number of carbonyl (C=O) groups excluding carboxylic acids is 1. The predicted octanol–water partition coefficient (Wildman–Crippen LogP) is 2.50. The second-order valence-electron chi connectivity index (χ2n) is 6.72. The van der Waals surface area contributed by atoms with Crippen molar-refractivity contribution in [2.45, 2.75) is 52.1 Å². The minimum Gasteiger partial charge on any atom is -0.481 e. The van der Waals surface area contributed by atoms with Crippen LogP contribution in [-0.4, -0.2) is 40.8 Å². The molecule has 1 N–H and O–H groups in total. The molecular formula is C14H23NO4. The van der Waals surface area contributed by atoms with Gasteiger partial charge in [0.25, 0.3) is 0 Å². The van der Waals surface area contributed by atoms with Crippen molar-refractivity contribution in [3.63, 3.8) is 0 Å². The number of carboxylic acids is 1. The number of hydrogen-bond donors (Lipinski definition) is 1. The number of carboxylic acid groups (broad SMARTS) is 1. The Morgan fingerprint density at radius 3 is 2.58 bits per heavy atom. The molecule has 1 aliphatic carbocycles. The lowest BCUT2D eigenvalue weighted by molar-refractivity contribution is -0.144. The molecule has 0 bridgehead atoms. The molecule has 0 radical (unpaired) electrons. The van der Waals surface area contributed by atoms with E-state index in [1.54, 1.807) is 4.90 Å². The van der Waals surface area contributed by atoms with Gasteiger partial charge in [0, 0.05) is 13.1 Å². The fourth-order valence-electron chi connectivity index (χ4n) is 2.95. The van der Waals surface area contributed by atoms with Gasteiger partial charge in [-0.05, 0) is 52.4 Å². The van der Waals surface area contributed by atoms with E-state index in [9.17, 15) is 14.7 Å². The fraction of sp³-hybridized carbons (Fsp3) is 0.857. The van der Waals surface area contributed by atoms with Crippen LogP contribution in [0.5, 0.6) is 0 Å². The Balaban J connectivity index is 1.92. The van der Waals surface area contributed by atoms with E-state index in [4.69, 9.17) is 4.74 Å². The zero-order chi connectivity index (χ0) is 14.3. The average Bonchev–Trinajstić information content (AvgIpc) is 2.89. The van der Waals surface area contributed by atoms with Gasteiger partial charge in [-0.3, -0.25) is 4.79 Å². The van der Waals surface area contributed by atoms with E-state index in [0.29, 0.717) is 19.5 Å². The molecule has 2 atom stereocenters. The standard InChI is InChI=1S/C14H23NO4/c1-13(2,3)19-12(18)15-7-4-6-14(11(16)17)9-10(14)5-8-15/h10H,4-9H2,1-3H3,(H,16,17). The third-order valence-electron chi connectivity index (χ3n) is 4.11. The van der Waals surface area contributed by atoms with Gasteiger partial charge in [-0.15, -0.1) is 0 Å². The molecule has 1 saturated heterocycles. The van der Waals surface area contributed by atoms with Gasteiger partial charge in [0.05, 0.1) is 5.41 Å². The first-order chi connectivity index (χ1) is 8.74. The third-order valence-corrected chi connectivity index (χ3v) is 4.11. The molecule has 5 heteroatoms. The van der Waals surface area contributed by atoms with Crippen molar-refractivity contribution in [2.75, 3.05) is 13.1 Å².